The Bertz CT molecular complexity index is 732. The van der Waals surface area contributed by atoms with Crippen molar-refractivity contribution in [2.24, 2.45) is 0 Å². The van der Waals surface area contributed by atoms with E-state index in [1.54, 1.807) is 48.5 Å². The zero-order valence-corrected chi connectivity index (χ0v) is 13.9. The van der Waals surface area contributed by atoms with Crippen LogP contribution in [0, 0.1) is 6.92 Å². The zero-order chi connectivity index (χ0) is 15.5. The number of benzene rings is 2. The molecule has 0 fully saturated rings. The molecule has 0 aromatic heterocycles. The minimum absolute atomic E-state index is 0.0160. The molecule has 5 heteroatoms. The number of ketones is 1. The molecule has 0 bridgehead atoms. The van der Waals surface area contributed by atoms with E-state index >= 15 is 0 Å². The van der Waals surface area contributed by atoms with E-state index in [-0.39, 0.29) is 22.9 Å². The van der Waals surface area contributed by atoms with Gasteiger partial charge in [0.25, 0.3) is 0 Å². The molecule has 110 valence electrons. The monoisotopic (exact) mass is 366 g/mol. The first-order valence-corrected chi connectivity index (χ1v) is 8.91. The van der Waals surface area contributed by atoms with Crippen molar-refractivity contribution in [3.05, 3.63) is 64.1 Å². The predicted molar refractivity (Wildman–Crippen MR) is 86.3 cm³/mol. The fourth-order valence-electron chi connectivity index (χ4n) is 1.87. The minimum Gasteiger partial charge on any atom is -0.294 e. The number of halogens is 1. The Morgan fingerprint density at radius 3 is 2.14 bits per heavy atom. The molecule has 0 amide bonds. The molecule has 0 spiro atoms. The van der Waals surface area contributed by atoms with Gasteiger partial charge in [-0.1, -0.05) is 45.8 Å². The van der Waals surface area contributed by atoms with Crippen molar-refractivity contribution in [3.63, 3.8) is 0 Å². The summed E-state index contributed by atoms with van der Waals surface area (Å²) in [5, 5.41) is 0. The SMILES string of the molecule is Cc1ccc(S(=O)(=O)CCC(=O)c2ccc(Br)cc2)cc1. The van der Waals surface area contributed by atoms with Crippen molar-refractivity contribution >= 4 is 31.6 Å². The standard InChI is InChI=1S/C16H15BrO3S/c1-12-2-8-15(9-3-12)21(19,20)11-10-16(18)13-4-6-14(17)7-5-13/h2-9H,10-11H2,1H3. The molecule has 21 heavy (non-hydrogen) atoms. The third-order valence-electron chi connectivity index (χ3n) is 3.14. The quantitative estimate of drug-likeness (QED) is 0.756. The Morgan fingerprint density at radius 2 is 1.57 bits per heavy atom. The summed E-state index contributed by atoms with van der Waals surface area (Å²) < 4.78 is 25.2. The van der Waals surface area contributed by atoms with Crippen molar-refractivity contribution in [2.45, 2.75) is 18.2 Å². The lowest BCUT2D eigenvalue weighted by Gasteiger charge is -2.05. The van der Waals surface area contributed by atoms with Crippen LogP contribution in [0.4, 0.5) is 0 Å². The first-order valence-electron chi connectivity index (χ1n) is 6.47. The van der Waals surface area contributed by atoms with Gasteiger partial charge in [-0.2, -0.15) is 0 Å². The molecule has 0 aliphatic rings. The molecule has 2 rings (SSSR count). The van der Waals surface area contributed by atoms with Gasteiger partial charge in [0.1, 0.15) is 0 Å². The Morgan fingerprint density at radius 1 is 1.00 bits per heavy atom. The van der Waals surface area contributed by atoms with Crippen molar-refractivity contribution < 1.29 is 13.2 Å². The Balaban J connectivity index is 2.06. The lowest BCUT2D eigenvalue weighted by molar-refractivity contribution is 0.0989. The van der Waals surface area contributed by atoms with Gasteiger partial charge in [0, 0.05) is 16.5 Å². The van der Waals surface area contributed by atoms with E-state index in [0.717, 1.165) is 10.0 Å². The van der Waals surface area contributed by atoms with Crippen LogP contribution >= 0.6 is 15.9 Å². The second-order valence-corrected chi connectivity index (χ2v) is 7.84. The lowest BCUT2D eigenvalue weighted by atomic mass is 10.1. The van der Waals surface area contributed by atoms with Crippen LogP contribution in [0.2, 0.25) is 0 Å². The summed E-state index contributed by atoms with van der Waals surface area (Å²) in [6.07, 6.45) is -0.0160. The van der Waals surface area contributed by atoms with Crippen LogP contribution in [0.5, 0.6) is 0 Å². The van der Waals surface area contributed by atoms with Crippen LogP contribution in [-0.4, -0.2) is 20.0 Å². The maximum absolute atomic E-state index is 12.2. The normalized spacial score (nSPS) is 11.3. The molecule has 0 aliphatic heterocycles. The molecule has 2 aromatic carbocycles. The maximum Gasteiger partial charge on any atom is 0.178 e. The molecule has 0 saturated heterocycles. The minimum atomic E-state index is -3.42. The van der Waals surface area contributed by atoms with Crippen LogP contribution in [0.3, 0.4) is 0 Å². The van der Waals surface area contributed by atoms with Gasteiger partial charge in [0.2, 0.25) is 0 Å². The third kappa shape index (κ3) is 4.25. The first kappa shape index (κ1) is 15.9. The lowest BCUT2D eigenvalue weighted by Crippen LogP contribution is -2.11. The molecule has 0 saturated carbocycles. The number of carbonyl (C=O) groups is 1. The van der Waals surface area contributed by atoms with E-state index in [4.69, 9.17) is 0 Å². The van der Waals surface area contributed by atoms with E-state index < -0.39 is 9.84 Å². The molecular formula is C16H15BrO3S. The van der Waals surface area contributed by atoms with E-state index in [1.165, 1.54) is 0 Å². The zero-order valence-electron chi connectivity index (χ0n) is 11.5. The molecule has 2 aromatic rings. The summed E-state index contributed by atoms with van der Waals surface area (Å²) in [4.78, 5) is 12.3. The molecular weight excluding hydrogens is 352 g/mol. The molecule has 0 aliphatic carbocycles. The highest BCUT2D eigenvalue weighted by atomic mass is 79.9. The van der Waals surface area contributed by atoms with E-state index in [1.807, 2.05) is 6.92 Å². The van der Waals surface area contributed by atoms with Crippen molar-refractivity contribution in [1.29, 1.82) is 0 Å². The second-order valence-electron chi connectivity index (χ2n) is 4.81. The van der Waals surface area contributed by atoms with Gasteiger partial charge in [-0.05, 0) is 31.2 Å². The van der Waals surface area contributed by atoms with Gasteiger partial charge in [-0.15, -0.1) is 0 Å². The molecule has 0 atom stereocenters. The summed E-state index contributed by atoms with van der Waals surface area (Å²) in [5.41, 5.74) is 1.53. The third-order valence-corrected chi connectivity index (χ3v) is 5.40. The Kier molecular flexibility index (Phi) is 4.96. The number of rotatable bonds is 5. The van der Waals surface area contributed by atoms with Crippen LogP contribution in [-0.2, 0) is 9.84 Å². The Labute approximate surface area is 133 Å². The summed E-state index contributed by atoms with van der Waals surface area (Å²) in [6, 6.07) is 13.6. The highest BCUT2D eigenvalue weighted by Gasteiger charge is 2.17. The van der Waals surface area contributed by atoms with Crippen LogP contribution in [0.25, 0.3) is 0 Å². The molecule has 0 radical (unpaired) electrons. The van der Waals surface area contributed by atoms with Gasteiger partial charge in [0.15, 0.2) is 15.6 Å². The smallest absolute Gasteiger partial charge is 0.178 e. The molecule has 0 heterocycles. The van der Waals surface area contributed by atoms with E-state index in [2.05, 4.69) is 15.9 Å². The fraction of sp³-hybridized carbons (Fsp3) is 0.188. The van der Waals surface area contributed by atoms with E-state index in [0.29, 0.717) is 5.56 Å². The fourth-order valence-corrected chi connectivity index (χ4v) is 3.38. The van der Waals surface area contributed by atoms with Gasteiger partial charge in [-0.25, -0.2) is 8.42 Å². The molecule has 0 N–H and O–H groups in total. The highest BCUT2D eigenvalue weighted by Crippen LogP contribution is 2.16. The van der Waals surface area contributed by atoms with Gasteiger partial charge in [-0.3, -0.25) is 4.79 Å². The van der Waals surface area contributed by atoms with Crippen molar-refractivity contribution in [1.82, 2.24) is 0 Å². The van der Waals surface area contributed by atoms with Gasteiger partial charge >= 0.3 is 0 Å². The van der Waals surface area contributed by atoms with Crippen LogP contribution < -0.4 is 0 Å². The maximum atomic E-state index is 12.2. The number of sulfone groups is 1. The van der Waals surface area contributed by atoms with E-state index in [9.17, 15) is 13.2 Å². The largest absolute Gasteiger partial charge is 0.294 e. The highest BCUT2D eigenvalue weighted by molar-refractivity contribution is 9.10. The predicted octanol–water partition coefficient (Wildman–Crippen LogP) is 3.80. The Hall–Kier alpha value is -1.46. The molecule has 3 nitrogen and oxygen atoms in total. The van der Waals surface area contributed by atoms with Gasteiger partial charge in [0.05, 0.1) is 10.6 Å². The topological polar surface area (TPSA) is 51.2 Å². The average Bonchev–Trinajstić information content (AvgIpc) is 2.46. The number of aryl methyl sites for hydroxylation is 1. The van der Waals surface area contributed by atoms with Crippen molar-refractivity contribution in [2.75, 3.05) is 5.75 Å². The summed E-state index contributed by atoms with van der Waals surface area (Å²) >= 11 is 3.29. The van der Waals surface area contributed by atoms with Gasteiger partial charge < -0.3 is 0 Å². The summed E-state index contributed by atoms with van der Waals surface area (Å²) in [6.45, 7) is 1.90. The number of hydrogen-bond acceptors (Lipinski definition) is 3. The molecule has 0 unspecified atom stereocenters. The number of hydrogen-bond donors (Lipinski definition) is 0. The average molecular weight is 367 g/mol. The first-order chi connectivity index (χ1) is 9.88. The van der Waals surface area contributed by atoms with Crippen LogP contribution in [0.1, 0.15) is 22.3 Å². The van der Waals surface area contributed by atoms with Crippen molar-refractivity contribution in [3.8, 4) is 0 Å². The van der Waals surface area contributed by atoms with Crippen LogP contribution in [0.15, 0.2) is 57.9 Å². The number of carbonyl (C=O) groups excluding carboxylic acids is 1. The summed E-state index contributed by atoms with van der Waals surface area (Å²) in [7, 11) is -3.42. The number of Topliss-reactive ketones (excluding diaryl/α,β-unsaturated/α-hetero) is 1. The second kappa shape index (κ2) is 6.54. The summed E-state index contributed by atoms with van der Waals surface area (Å²) in [5.74, 6) is -0.344.